The second-order valence-electron chi connectivity index (χ2n) is 13.3. The first-order chi connectivity index (χ1) is 24.2. The van der Waals surface area contributed by atoms with E-state index in [1.165, 1.54) is 12.0 Å². The third kappa shape index (κ3) is 7.26. The third-order valence-electron chi connectivity index (χ3n) is 10.2. The lowest BCUT2D eigenvalue weighted by molar-refractivity contribution is -0.163. The van der Waals surface area contributed by atoms with E-state index in [2.05, 4.69) is 18.5 Å². The summed E-state index contributed by atoms with van der Waals surface area (Å²) in [5.41, 5.74) is 0.272. The Balaban J connectivity index is 1.49. The second kappa shape index (κ2) is 16.6. The van der Waals surface area contributed by atoms with E-state index >= 15 is 0 Å². The highest BCUT2D eigenvalue weighted by Gasteiger charge is 2.75. The monoisotopic (exact) mass is 687 g/mol. The lowest BCUT2D eigenvalue weighted by Crippen LogP contribution is -2.58. The van der Waals surface area contributed by atoms with Crippen molar-refractivity contribution < 1.29 is 38.5 Å². The zero-order chi connectivity index (χ0) is 35.8. The van der Waals surface area contributed by atoms with E-state index in [4.69, 9.17) is 14.2 Å². The Kier molecular flexibility index (Phi) is 12.3. The maximum Gasteiger partial charge on any atom is 0.313 e. The van der Waals surface area contributed by atoms with Crippen molar-refractivity contribution in [1.82, 2.24) is 15.1 Å². The first kappa shape index (κ1) is 36.9. The molecule has 5 rings (SSSR count). The van der Waals surface area contributed by atoms with Crippen molar-refractivity contribution in [1.29, 1.82) is 0 Å². The molecule has 11 heteroatoms. The maximum atomic E-state index is 14.7. The summed E-state index contributed by atoms with van der Waals surface area (Å²) in [6, 6.07) is 16.2. The van der Waals surface area contributed by atoms with Gasteiger partial charge in [0.05, 0.1) is 43.2 Å². The van der Waals surface area contributed by atoms with Crippen molar-refractivity contribution in [2.75, 3.05) is 26.9 Å². The number of hydrogen-bond acceptors (Lipinski definition) is 8. The minimum atomic E-state index is -1.28. The van der Waals surface area contributed by atoms with Crippen LogP contribution in [0.1, 0.15) is 56.3 Å². The molecule has 11 nitrogen and oxygen atoms in total. The molecule has 1 spiro atoms. The normalized spacial score (nSPS) is 25.3. The van der Waals surface area contributed by atoms with Gasteiger partial charge in [0.1, 0.15) is 17.7 Å². The molecule has 2 N–H and O–H groups in total. The van der Waals surface area contributed by atoms with E-state index in [1.807, 2.05) is 55.5 Å². The fraction of sp³-hybridized carbons (Fsp3) is 0.487. The summed E-state index contributed by atoms with van der Waals surface area (Å²) in [7, 11) is 1.50. The Bertz CT molecular complexity index is 1520. The third-order valence-corrected chi connectivity index (χ3v) is 10.2. The molecule has 50 heavy (non-hydrogen) atoms. The van der Waals surface area contributed by atoms with Crippen molar-refractivity contribution in [3.05, 3.63) is 97.1 Å². The maximum absolute atomic E-state index is 14.7. The van der Waals surface area contributed by atoms with Gasteiger partial charge in [-0.25, -0.2) is 0 Å². The van der Waals surface area contributed by atoms with Gasteiger partial charge < -0.3 is 34.4 Å². The number of methoxy groups -OCH3 is 1. The first-order valence-electron chi connectivity index (χ1n) is 17.4. The van der Waals surface area contributed by atoms with Gasteiger partial charge in [0.25, 0.3) is 0 Å². The van der Waals surface area contributed by atoms with E-state index in [0.717, 1.165) is 5.56 Å². The first-order valence-corrected chi connectivity index (χ1v) is 17.4. The van der Waals surface area contributed by atoms with Gasteiger partial charge in [-0.3, -0.25) is 19.2 Å². The summed E-state index contributed by atoms with van der Waals surface area (Å²) in [5.74, 6) is -3.62. The Morgan fingerprint density at radius 2 is 1.82 bits per heavy atom. The number of carbonyl (C=O) groups excluding carboxylic acids is 4. The summed E-state index contributed by atoms with van der Waals surface area (Å²) in [5, 5.41) is 13.4. The molecule has 268 valence electrons. The topological polar surface area (TPSA) is 135 Å². The molecule has 0 aromatic heterocycles. The summed E-state index contributed by atoms with van der Waals surface area (Å²) in [6.07, 6.45) is 3.64. The average molecular weight is 688 g/mol. The number of esters is 1. The highest BCUT2D eigenvalue weighted by atomic mass is 16.6. The van der Waals surface area contributed by atoms with Crippen LogP contribution in [-0.2, 0) is 39.9 Å². The number of nitrogens with zero attached hydrogens (tertiary/aromatic N) is 2. The molecule has 3 heterocycles. The van der Waals surface area contributed by atoms with Crippen LogP contribution < -0.4 is 5.32 Å². The van der Waals surface area contributed by atoms with E-state index in [9.17, 15) is 24.3 Å². The van der Waals surface area contributed by atoms with Crippen LogP contribution in [0.2, 0.25) is 0 Å². The van der Waals surface area contributed by atoms with E-state index in [1.54, 1.807) is 29.2 Å². The van der Waals surface area contributed by atoms with Gasteiger partial charge in [-0.2, -0.15) is 0 Å². The molecule has 2 aromatic rings. The van der Waals surface area contributed by atoms with Gasteiger partial charge in [-0.1, -0.05) is 79.7 Å². The molecule has 2 aromatic carbocycles. The van der Waals surface area contributed by atoms with Crippen LogP contribution in [-0.4, -0.2) is 95.3 Å². The summed E-state index contributed by atoms with van der Waals surface area (Å²) in [4.78, 5) is 59.7. The standard InChI is InChI=1S/C39H49N3O8/c1-5-8-19-31(44)40-29(25-48-4)34(27-17-13-10-14-18-27)49-38(47)32-30-20-21-39(50-30)33(32)36(45)42(28(7-3)24-43)35(39)37(46)41(22-6-2)23-26-15-11-9-12-16-26/h5-6,9-18,28-30,32-35,43H,1-2,7-8,19-25H2,3-4H3,(H,40,44)/t28-,29+,30+,32-,33-,34+,35+,39-/m0/s1. The fourth-order valence-electron chi connectivity index (χ4n) is 7.94. The van der Waals surface area contributed by atoms with Crippen LogP contribution in [0, 0.1) is 11.8 Å². The fourth-order valence-corrected chi connectivity index (χ4v) is 7.94. The molecule has 0 saturated carbocycles. The number of likely N-dealkylation sites (tertiary alicyclic amines) is 1. The highest BCUT2D eigenvalue weighted by molar-refractivity contribution is 5.98. The molecule has 3 aliphatic rings. The van der Waals surface area contributed by atoms with Crippen LogP contribution in [0.3, 0.4) is 0 Å². The van der Waals surface area contributed by atoms with Crippen LogP contribution in [0.5, 0.6) is 0 Å². The Hall–Kier alpha value is -4.32. The van der Waals surface area contributed by atoms with Crippen LogP contribution in [0.25, 0.3) is 0 Å². The Morgan fingerprint density at radius 1 is 1.12 bits per heavy atom. The number of fused-ring (bicyclic) bond motifs is 1. The summed E-state index contributed by atoms with van der Waals surface area (Å²) >= 11 is 0. The molecule has 8 atom stereocenters. The van der Waals surface area contributed by atoms with E-state index in [0.29, 0.717) is 31.2 Å². The van der Waals surface area contributed by atoms with Gasteiger partial charge in [0.2, 0.25) is 17.7 Å². The van der Waals surface area contributed by atoms with E-state index in [-0.39, 0.29) is 44.5 Å². The van der Waals surface area contributed by atoms with Gasteiger partial charge >= 0.3 is 5.97 Å². The zero-order valence-corrected chi connectivity index (χ0v) is 28.9. The number of amides is 3. The molecule has 3 fully saturated rings. The molecule has 3 aliphatic heterocycles. The van der Waals surface area contributed by atoms with Gasteiger partial charge in [0, 0.05) is 26.6 Å². The Labute approximate surface area is 294 Å². The predicted octanol–water partition coefficient (Wildman–Crippen LogP) is 3.73. The number of ether oxygens (including phenoxy) is 3. The minimum absolute atomic E-state index is 0.0587. The molecule has 2 bridgehead atoms. The lowest BCUT2D eigenvalue weighted by atomic mass is 9.70. The average Bonchev–Trinajstić information content (AvgIpc) is 3.78. The van der Waals surface area contributed by atoms with Gasteiger partial charge in [0.15, 0.2) is 0 Å². The molecular weight excluding hydrogens is 638 g/mol. The van der Waals surface area contributed by atoms with Gasteiger partial charge in [-0.15, -0.1) is 13.2 Å². The van der Waals surface area contributed by atoms with Crippen molar-refractivity contribution >= 4 is 23.7 Å². The Morgan fingerprint density at radius 3 is 2.44 bits per heavy atom. The SMILES string of the molecule is C=CCCC(=O)N[C@H](COC)[C@H](OC(=O)[C@@H]1[C@H]2C(=O)N([C@@H](CC)CO)[C@H](C(=O)N(CC=C)Cc3ccccc3)[C@]23CC[C@H]1O3)c1ccccc1. The second-order valence-corrected chi connectivity index (χ2v) is 13.3. The lowest BCUT2D eigenvalue weighted by Gasteiger charge is -2.39. The molecule has 0 aliphatic carbocycles. The largest absolute Gasteiger partial charge is 0.455 e. The van der Waals surface area contributed by atoms with Crippen molar-refractivity contribution in [3.8, 4) is 0 Å². The van der Waals surface area contributed by atoms with Crippen molar-refractivity contribution in [2.24, 2.45) is 11.8 Å². The van der Waals surface area contributed by atoms with E-state index < -0.39 is 59.6 Å². The van der Waals surface area contributed by atoms with Crippen LogP contribution in [0.15, 0.2) is 86.0 Å². The van der Waals surface area contributed by atoms with Gasteiger partial charge in [-0.05, 0) is 36.8 Å². The molecule has 0 unspecified atom stereocenters. The quantitative estimate of drug-likeness (QED) is 0.179. The molecular formula is C39H49N3O8. The number of benzene rings is 2. The van der Waals surface area contributed by atoms with Crippen molar-refractivity contribution in [3.63, 3.8) is 0 Å². The molecule has 3 saturated heterocycles. The van der Waals surface area contributed by atoms with Crippen LogP contribution in [0.4, 0.5) is 0 Å². The number of rotatable bonds is 18. The number of aliphatic hydroxyl groups excluding tert-OH is 1. The smallest absolute Gasteiger partial charge is 0.313 e. The number of nitrogens with one attached hydrogen (secondary N) is 1. The van der Waals surface area contributed by atoms with Crippen molar-refractivity contribution in [2.45, 2.75) is 81.5 Å². The predicted molar refractivity (Wildman–Crippen MR) is 186 cm³/mol. The number of allylic oxidation sites excluding steroid dienone is 1. The highest BCUT2D eigenvalue weighted by Crippen LogP contribution is 2.59. The number of hydrogen-bond donors (Lipinski definition) is 2. The molecule has 0 radical (unpaired) electrons. The summed E-state index contributed by atoms with van der Waals surface area (Å²) < 4.78 is 18.4. The number of carbonyl (C=O) groups is 4. The molecule has 3 amide bonds. The minimum Gasteiger partial charge on any atom is -0.455 e. The zero-order valence-electron chi connectivity index (χ0n) is 28.9. The number of aliphatic hydroxyl groups is 1. The summed E-state index contributed by atoms with van der Waals surface area (Å²) in [6.45, 7) is 9.62. The van der Waals surface area contributed by atoms with Crippen LogP contribution >= 0.6 is 0 Å².